The zero-order valence-electron chi connectivity index (χ0n) is 18.1. The van der Waals surface area contributed by atoms with Crippen LogP contribution in [0.4, 0.5) is 19.0 Å². The minimum Gasteiger partial charge on any atom is -0.490 e. The van der Waals surface area contributed by atoms with Gasteiger partial charge in [-0.3, -0.25) is 0 Å². The maximum absolute atomic E-state index is 13.0. The highest BCUT2D eigenvalue weighted by Gasteiger charge is 2.33. The Morgan fingerprint density at radius 2 is 1.87 bits per heavy atom. The average molecular weight is 455 g/mol. The number of benzene rings is 1. The first-order valence-corrected chi connectivity index (χ1v) is 11.7. The second-order valence-corrected chi connectivity index (χ2v) is 8.58. The molecule has 0 spiro atoms. The number of alkyl halides is 3. The molecule has 2 heterocycles. The van der Waals surface area contributed by atoms with Crippen molar-refractivity contribution in [2.75, 3.05) is 37.8 Å². The molecule has 3 rings (SSSR count). The molecular formula is C22H29F3N4OS. The van der Waals surface area contributed by atoms with Crippen LogP contribution >= 0.6 is 11.8 Å². The minimum atomic E-state index is -4.48. The first kappa shape index (κ1) is 23.7. The zero-order valence-corrected chi connectivity index (χ0v) is 18.9. The molecule has 1 N–H and O–H groups in total. The smallest absolute Gasteiger partial charge is 0.433 e. The molecule has 2 aromatic rings. The molecule has 0 aliphatic carbocycles. The van der Waals surface area contributed by atoms with E-state index in [2.05, 4.69) is 46.2 Å². The van der Waals surface area contributed by atoms with E-state index in [1.165, 1.54) is 11.1 Å². The van der Waals surface area contributed by atoms with Gasteiger partial charge in [0.05, 0.1) is 0 Å². The van der Waals surface area contributed by atoms with Crippen LogP contribution in [-0.2, 0) is 6.18 Å². The summed E-state index contributed by atoms with van der Waals surface area (Å²) < 4.78 is 45.1. The number of rotatable bonds is 8. The fourth-order valence-corrected chi connectivity index (χ4v) is 3.88. The largest absolute Gasteiger partial charge is 0.490 e. The summed E-state index contributed by atoms with van der Waals surface area (Å²) in [6.45, 7) is 7.53. The molecule has 1 aliphatic heterocycles. The Labute approximate surface area is 185 Å². The third-order valence-corrected chi connectivity index (χ3v) is 6.00. The summed E-state index contributed by atoms with van der Waals surface area (Å²) in [4.78, 5) is 10.0. The molecule has 0 unspecified atom stereocenters. The van der Waals surface area contributed by atoms with E-state index < -0.39 is 11.9 Å². The monoisotopic (exact) mass is 454 g/mol. The number of thioether (sulfide) groups is 1. The Balaban J connectivity index is 1.40. The maximum atomic E-state index is 13.0. The molecule has 1 aromatic carbocycles. The zero-order chi connectivity index (χ0) is 22.4. The molecule has 5 nitrogen and oxygen atoms in total. The predicted octanol–water partition coefficient (Wildman–Crippen LogP) is 5.18. The number of aromatic nitrogens is 2. The lowest BCUT2D eigenvalue weighted by molar-refractivity contribution is -0.141. The lowest BCUT2D eigenvalue weighted by atomic mass is 10.1. The van der Waals surface area contributed by atoms with E-state index in [1.54, 1.807) is 6.26 Å². The maximum Gasteiger partial charge on any atom is 0.433 e. The third-order valence-electron chi connectivity index (χ3n) is 5.45. The summed E-state index contributed by atoms with van der Waals surface area (Å²) in [5.41, 5.74) is 1.58. The van der Waals surface area contributed by atoms with Gasteiger partial charge in [-0.2, -0.15) is 13.2 Å². The molecule has 9 heteroatoms. The van der Waals surface area contributed by atoms with Gasteiger partial charge >= 0.3 is 6.18 Å². The summed E-state index contributed by atoms with van der Waals surface area (Å²) in [5, 5.41) is 3.12. The predicted molar refractivity (Wildman–Crippen MR) is 118 cm³/mol. The molecule has 0 amide bonds. The standard InChI is InChI=1S/C22H29F3N4OS/c1-15-5-6-18(13-16(15)2)30-17-7-11-29(12-8-17)10-4-9-26-20-14-19(22(23,24)25)27-21(28-20)31-3/h5-6,13-14,17H,4,7-12H2,1-3H3,(H,26,27,28). The fraction of sp³-hybridized carbons (Fsp3) is 0.545. The first-order chi connectivity index (χ1) is 14.7. The van der Waals surface area contributed by atoms with Crippen LogP contribution in [0.5, 0.6) is 5.75 Å². The van der Waals surface area contributed by atoms with Gasteiger partial charge in [-0.25, -0.2) is 9.97 Å². The molecule has 1 saturated heterocycles. The summed E-state index contributed by atoms with van der Waals surface area (Å²) in [5.74, 6) is 1.14. The Hall–Kier alpha value is -2.00. The molecule has 1 aromatic heterocycles. The van der Waals surface area contributed by atoms with Crippen molar-refractivity contribution in [1.29, 1.82) is 0 Å². The lowest BCUT2D eigenvalue weighted by Gasteiger charge is -2.32. The number of anilines is 1. The Morgan fingerprint density at radius 3 is 2.52 bits per heavy atom. The van der Waals surface area contributed by atoms with Gasteiger partial charge < -0.3 is 15.0 Å². The van der Waals surface area contributed by atoms with E-state index >= 15 is 0 Å². The topological polar surface area (TPSA) is 50.3 Å². The fourth-order valence-electron chi connectivity index (χ4n) is 3.50. The molecule has 170 valence electrons. The van der Waals surface area contributed by atoms with E-state index in [0.29, 0.717) is 6.54 Å². The van der Waals surface area contributed by atoms with Crippen molar-refractivity contribution in [2.24, 2.45) is 0 Å². The lowest BCUT2D eigenvalue weighted by Crippen LogP contribution is -2.39. The molecule has 0 saturated carbocycles. The molecule has 1 aliphatic rings. The van der Waals surface area contributed by atoms with E-state index in [4.69, 9.17) is 4.74 Å². The van der Waals surface area contributed by atoms with Crippen LogP contribution in [-0.4, -0.2) is 53.4 Å². The summed E-state index contributed by atoms with van der Waals surface area (Å²) >= 11 is 1.09. The quantitative estimate of drug-likeness (QED) is 0.337. The molecule has 0 radical (unpaired) electrons. The third kappa shape index (κ3) is 7.00. The highest BCUT2D eigenvalue weighted by molar-refractivity contribution is 7.98. The van der Waals surface area contributed by atoms with Crippen molar-refractivity contribution in [3.8, 4) is 5.75 Å². The molecule has 0 atom stereocenters. The van der Waals surface area contributed by atoms with Gasteiger partial charge in [-0.05, 0) is 69.2 Å². The number of ether oxygens (including phenoxy) is 1. The number of hydrogen-bond acceptors (Lipinski definition) is 6. The van der Waals surface area contributed by atoms with Crippen molar-refractivity contribution in [1.82, 2.24) is 14.9 Å². The van der Waals surface area contributed by atoms with Crippen LogP contribution in [0.2, 0.25) is 0 Å². The first-order valence-electron chi connectivity index (χ1n) is 10.4. The summed E-state index contributed by atoms with van der Waals surface area (Å²) in [6.07, 6.45) is 0.169. The van der Waals surface area contributed by atoms with Gasteiger partial charge in [-0.1, -0.05) is 17.8 Å². The second-order valence-electron chi connectivity index (χ2n) is 7.81. The highest BCUT2D eigenvalue weighted by atomic mass is 32.2. The Morgan fingerprint density at radius 1 is 1.13 bits per heavy atom. The van der Waals surface area contributed by atoms with E-state index in [0.717, 1.165) is 62.5 Å². The van der Waals surface area contributed by atoms with Gasteiger partial charge in [0.25, 0.3) is 0 Å². The van der Waals surface area contributed by atoms with Crippen molar-refractivity contribution in [3.63, 3.8) is 0 Å². The van der Waals surface area contributed by atoms with Crippen LogP contribution in [0.1, 0.15) is 36.1 Å². The summed E-state index contributed by atoms with van der Waals surface area (Å²) in [6, 6.07) is 7.17. The van der Waals surface area contributed by atoms with Crippen molar-refractivity contribution in [2.45, 2.75) is 50.5 Å². The number of nitrogens with zero attached hydrogens (tertiary/aromatic N) is 3. The van der Waals surface area contributed by atoms with Crippen LogP contribution in [0, 0.1) is 13.8 Å². The van der Waals surface area contributed by atoms with E-state index in [1.807, 2.05) is 6.07 Å². The molecule has 1 fully saturated rings. The number of piperidine rings is 1. The number of hydrogen-bond donors (Lipinski definition) is 1. The van der Waals surface area contributed by atoms with Crippen molar-refractivity contribution in [3.05, 3.63) is 41.1 Å². The van der Waals surface area contributed by atoms with E-state index in [9.17, 15) is 13.2 Å². The highest BCUT2D eigenvalue weighted by Crippen LogP contribution is 2.30. The van der Waals surface area contributed by atoms with Crippen molar-refractivity contribution >= 4 is 17.6 Å². The van der Waals surface area contributed by atoms with Gasteiger partial charge in [-0.15, -0.1) is 0 Å². The number of aryl methyl sites for hydroxylation is 2. The molecule has 31 heavy (non-hydrogen) atoms. The van der Waals surface area contributed by atoms with Gasteiger partial charge in [0.2, 0.25) is 0 Å². The minimum absolute atomic E-state index is 0.114. The van der Waals surface area contributed by atoms with E-state index in [-0.39, 0.29) is 17.1 Å². The number of nitrogens with one attached hydrogen (secondary N) is 1. The Kier molecular flexibility index (Phi) is 8.05. The van der Waals surface area contributed by atoms with Crippen molar-refractivity contribution < 1.29 is 17.9 Å². The normalized spacial score (nSPS) is 15.8. The number of likely N-dealkylation sites (tertiary alicyclic amines) is 1. The van der Waals surface area contributed by atoms with Gasteiger partial charge in [0, 0.05) is 25.7 Å². The Bertz CT molecular complexity index is 870. The second kappa shape index (κ2) is 10.5. The van der Waals surface area contributed by atoms with Crippen LogP contribution in [0.3, 0.4) is 0 Å². The van der Waals surface area contributed by atoms with Gasteiger partial charge in [0.1, 0.15) is 17.7 Å². The molecule has 0 bridgehead atoms. The van der Waals surface area contributed by atoms with Crippen LogP contribution < -0.4 is 10.1 Å². The average Bonchev–Trinajstić information content (AvgIpc) is 2.74. The number of halogens is 3. The van der Waals surface area contributed by atoms with Crippen LogP contribution in [0.15, 0.2) is 29.4 Å². The van der Waals surface area contributed by atoms with Gasteiger partial charge in [0.15, 0.2) is 10.9 Å². The molecular weight excluding hydrogens is 425 g/mol. The van der Waals surface area contributed by atoms with Crippen LogP contribution in [0.25, 0.3) is 0 Å². The SMILES string of the molecule is CSc1nc(NCCCN2CCC(Oc3ccc(C)c(C)c3)CC2)cc(C(F)(F)F)n1. The summed E-state index contributed by atoms with van der Waals surface area (Å²) in [7, 11) is 0.